The van der Waals surface area contributed by atoms with Gasteiger partial charge in [0, 0.05) is 18.7 Å². The molecule has 1 amide bonds. The third-order valence-corrected chi connectivity index (χ3v) is 3.11. The predicted molar refractivity (Wildman–Crippen MR) is 83.1 cm³/mol. The number of carbonyl (C=O) groups is 1. The van der Waals surface area contributed by atoms with Crippen LogP contribution in [0.4, 0.5) is 0 Å². The molecule has 0 saturated heterocycles. The van der Waals surface area contributed by atoms with Gasteiger partial charge in [0.1, 0.15) is 5.75 Å². The molecule has 0 radical (unpaired) electrons. The van der Waals surface area contributed by atoms with Crippen molar-refractivity contribution in [1.29, 1.82) is 0 Å². The minimum atomic E-state index is -0.0969. The Bertz CT molecular complexity index is 594. The first-order chi connectivity index (χ1) is 10.2. The van der Waals surface area contributed by atoms with Crippen molar-refractivity contribution < 1.29 is 9.53 Å². The molecule has 2 aromatic carbocycles. The molecule has 4 nitrogen and oxygen atoms in total. The Balaban J connectivity index is 1.95. The summed E-state index contributed by atoms with van der Waals surface area (Å²) in [6.07, 6.45) is 0. The van der Waals surface area contributed by atoms with Crippen LogP contribution >= 0.6 is 0 Å². The first kappa shape index (κ1) is 15.1. The van der Waals surface area contributed by atoms with Crippen LogP contribution < -0.4 is 15.8 Å². The van der Waals surface area contributed by atoms with Gasteiger partial charge in [-0.3, -0.25) is 4.79 Å². The molecular weight excluding hydrogens is 264 g/mol. The highest BCUT2D eigenvalue weighted by atomic mass is 16.5. The van der Waals surface area contributed by atoms with Gasteiger partial charge in [0.25, 0.3) is 5.91 Å². The standard InChI is InChI=1S/C17H20N2O2/c1-2-21-16-5-3-4-14(10-16)12-19-17(20)15-8-6-13(11-18)7-9-15/h3-10H,2,11-12,18H2,1H3,(H,19,20). The lowest BCUT2D eigenvalue weighted by Gasteiger charge is -2.08. The van der Waals surface area contributed by atoms with Gasteiger partial charge in [-0.15, -0.1) is 0 Å². The van der Waals surface area contributed by atoms with Crippen LogP contribution in [0.1, 0.15) is 28.4 Å². The Labute approximate surface area is 124 Å². The summed E-state index contributed by atoms with van der Waals surface area (Å²) in [5.74, 6) is 0.719. The second kappa shape index (κ2) is 7.45. The minimum absolute atomic E-state index is 0.0969. The molecule has 0 unspecified atom stereocenters. The molecule has 2 aromatic rings. The van der Waals surface area contributed by atoms with Crippen LogP contribution in [0.25, 0.3) is 0 Å². The molecule has 0 aliphatic rings. The second-order valence-electron chi connectivity index (χ2n) is 4.66. The summed E-state index contributed by atoms with van der Waals surface area (Å²) >= 11 is 0. The SMILES string of the molecule is CCOc1cccc(CNC(=O)c2ccc(CN)cc2)c1. The summed E-state index contributed by atoms with van der Waals surface area (Å²) in [4.78, 5) is 12.1. The zero-order chi connectivity index (χ0) is 15.1. The zero-order valence-electron chi connectivity index (χ0n) is 12.1. The average molecular weight is 284 g/mol. The van der Waals surface area contributed by atoms with E-state index in [0.717, 1.165) is 16.9 Å². The van der Waals surface area contributed by atoms with Crippen molar-refractivity contribution in [1.82, 2.24) is 5.32 Å². The molecule has 3 N–H and O–H groups in total. The van der Waals surface area contributed by atoms with Crippen LogP contribution in [0, 0.1) is 0 Å². The van der Waals surface area contributed by atoms with E-state index in [-0.39, 0.29) is 5.91 Å². The molecule has 0 aliphatic carbocycles. The Morgan fingerprint density at radius 2 is 1.90 bits per heavy atom. The van der Waals surface area contributed by atoms with Crippen LogP contribution in [-0.4, -0.2) is 12.5 Å². The van der Waals surface area contributed by atoms with Gasteiger partial charge >= 0.3 is 0 Å². The van der Waals surface area contributed by atoms with Crippen molar-refractivity contribution in [3.63, 3.8) is 0 Å². The van der Waals surface area contributed by atoms with Gasteiger partial charge < -0.3 is 15.8 Å². The van der Waals surface area contributed by atoms with E-state index in [0.29, 0.717) is 25.3 Å². The van der Waals surface area contributed by atoms with Crippen LogP contribution in [0.2, 0.25) is 0 Å². The molecule has 0 aromatic heterocycles. The number of benzene rings is 2. The third kappa shape index (κ3) is 4.33. The van der Waals surface area contributed by atoms with Gasteiger partial charge in [-0.25, -0.2) is 0 Å². The molecule has 0 spiro atoms. The highest BCUT2D eigenvalue weighted by Gasteiger charge is 2.05. The largest absolute Gasteiger partial charge is 0.494 e. The van der Waals surface area contributed by atoms with Gasteiger partial charge in [0.05, 0.1) is 6.61 Å². The van der Waals surface area contributed by atoms with Crippen LogP contribution in [0.15, 0.2) is 48.5 Å². The zero-order valence-corrected chi connectivity index (χ0v) is 12.1. The van der Waals surface area contributed by atoms with Gasteiger partial charge in [0.2, 0.25) is 0 Å². The van der Waals surface area contributed by atoms with Crippen LogP contribution in [-0.2, 0) is 13.1 Å². The highest BCUT2D eigenvalue weighted by Crippen LogP contribution is 2.13. The molecule has 0 bridgehead atoms. The normalized spacial score (nSPS) is 10.2. The van der Waals surface area contributed by atoms with E-state index in [1.54, 1.807) is 12.1 Å². The van der Waals surface area contributed by atoms with Crippen molar-refractivity contribution in [2.24, 2.45) is 5.73 Å². The lowest BCUT2D eigenvalue weighted by Crippen LogP contribution is -2.22. The monoisotopic (exact) mass is 284 g/mol. The first-order valence-corrected chi connectivity index (χ1v) is 7.02. The van der Waals surface area contributed by atoms with E-state index in [9.17, 15) is 4.79 Å². The molecule has 0 saturated carbocycles. The molecule has 0 atom stereocenters. The molecule has 21 heavy (non-hydrogen) atoms. The van der Waals surface area contributed by atoms with E-state index in [1.807, 2.05) is 43.3 Å². The fraction of sp³-hybridized carbons (Fsp3) is 0.235. The third-order valence-electron chi connectivity index (χ3n) is 3.11. The van der Waals surface area contributed by atoms with Gasteiger partial charge in [-0.05, 0) is 42.3 Å². The summed E-state index contributed by atoms with van der Waals surface area (Å²) in [5, 5.41) is 2.90. The van der Waals surface area contributed by atoms with Crippen LogP contribution in [0.5, 0.6) is 5.75 Å². The van der Waals surface area contributed by atoms with Crippen molar-refractivity contribution in [2.45, 2.75) is 20.0 Å². The Kier molecular flexibility index (Phi) is 5.35. The van der Waals surface area contributed by atoms with Crippen molar-refractivity contribution in [3.05, 3.63) is 65.2 Å². The van der Waals surface area contributed by atoms with E-state index in [4.69, 9.17) is 10.5 Å². The number of amides is 1. The molecule has 2 rings (SSSR count). The summed E-state index contributed by atoms with van der Waals surface area (Å²) in [6, 6.07) is 15.0. The fourth-order valence-electron chi connectivity index (χ4n) is 1.99. The Morgan fingerprint density at radius 3 is 2.57 bits per heavy atom. The van der Waals surface area contributed by atoms with E-state index in [2.05, 4.69) is 5.32 Å². The van der Waals surface area contributed by atoms with Gasteiger partial charge in [-0.1, -0.05) is 24.3 Å². The molecule has 0 fully saturated rings. The predicted octanol–water partition coefficient (Wildman–Crippen LogP) is 2.47. The van der Waals surface area contributed by atoms with Crippen molar-refractivity contribution >= 4 is 5.91 Å². The maximum absolute atomic E-state index is 12.1. The maximum Gasteiger partial charge on any atom is 0.251 e. The topological polar surface area (TPSA) is 64.3 Å². The molecule has 4 heteroatoms. The number of nitrogens with two attached hydrogens (primary N) is 1. The van der Waals surface area contributed by atoms with E-state index < -0.39 is 0 Å². The van der Waals surface area contributed by atoms with E-state index >= 15 is 0 Å². The Morgan fingerprint density at radius 1 is 1.14 bits per heavy atom. The van der Waals surface area contributed by atoms with Gasteiger partial charge in [0.15, 0.2) is 0 Å². The number of nitrogens with one attached hydrogen (secondary N) is 1. The smallest absolute Gasteiger partial charge is 0.251 e. The highest BCUT2D eigenvalue weighted by molar-refractivity contribution is 5.94. The van der Waals surface area contributed by atoms with Gasteiger partial charge in [-0.2, -0.15) is 0 Å². The lowest BCUT2D eigenvalue weighted by atomic mass is 10.1. The molecular formula is C17H20N2O2. The van der Waals surface area contributed by atoms with Crippen molar-refractivity contribution in [3.8, 4) is 5.75 Å². The fourth-order valence-corrected chi connectivity index (χ4v) is 1.99. The van der Waals surface area contributed by atoms with Crippen LogP contribution in [0.3, 0.4) is 0 Å². The molecule has 0 heterocycles. The molecule has 110 valence electrons. The average Bonchev–Trinajstić information content (AvgIpc) is 2.53. The van der Waals surface area contributed by atoms with E-state index in [1.165, 1.54) is 0 Å². The Hall–Kier alpha value is -2.33. The first-order valence-electron chi connectivity index (χ1n) is 7.02. The number of hydrogen-bond donors (Lipinski definition) is 2. The maximum atomic E-state index is 12.1. The second-order valence-corrected chi connectivity index (χ2v) is 4.66. The minimum Gasteiger partial charge on any atom is -0.494 e. The number of rotatable bonds is 6. The summed E-state index contributed by atoms with van der Waals surface area (Å²) in [7, 11) is 0. The number of carbonyl (C=O) groups excluding carboxylic acids is 1. The quantitative estimate of drug-likeness (QED) is 0.856. The summed E-state index contributed by atoms with van der Waals surface area (Å²) < 4.78 is 5.44. The summed E-state index contributed by atoms with van der Waals surface area (Å²) in [5.41, 5.74) is 8.19. The molecule has 0 aliphatic heterocycles. The summed E-state index contributed by atoms with van der Waals surface area (Å²) in [6.45, 7) is 3.52. The number of hydrogen-bond acceptors (Lipinski definition) is 3. The lowest BCUT2D eigenvalue weighted by molar-refractivity contribution is 0.0951. The number of ether oxygens (including phenoxy) is 1. The van der Waals surface area contributed by atoms with Crippen molar-refractivity contribution in [2.75, 3.05) is 6.61 Å².